The number of carboxylic acids is 1. The Morgan fingerprint density at radius 1 is 1.20 bits per heavy atom. The molecule has 0 saturated heterocycles. The van der Waals surface area contributed by atoms with Crippen LogP contribution in [0, 0.1) is 5.41 Å². The molecule has 5 heteroatoms. The molecule has 2 N–H and O–H groups in total. The van der Waals surface area contributed by atoms with Crippen LogP contribution in [0.3, 0.4) is 0 Å². The number of hydrogen-bond donors (Lipinski definition) is 2. The lowest BCUT2D eigenvalue weighted by molar-refractivity contribution is -0.147. The lowest BCUT2D eigenvalue weighted by Gasteiger charge is -2.19. The summed E-state index contributed by atoms with van der Waals surface area (Å²) in [6.45, 7) is 4.88. The Morgan fingerprint density at radius 2 is 1.96 bits per heavy atom. The van der Waals surface area contributed by atoms with Gasteiger partial charge in [0, 0.05) is 16.3 Å². The molecule has 0 aromatic heterocycles. The molecule has 0 heterocycles. The maximum atomic E-state index is 11.2. The summed E-state index contributed by atoms with van der Waals surface area (Å²) in [7, 11) is 1.67. The molecular formula is C20H25NO3S. The molecule has 0 fully saturated rings. The number of benzene rings is 2. The lowest BCUT2D eigenvalue weighted by Crippen LogP contribution is -2.28. The molecule has 0 bridgehead atoms. The molecule has 0 aliphatic heterocycles. The zero-order chi connectivity index (χ0) is 18.3. The molecule has 0 radical (unpaired) electrons. The largest absolute Gasteiger partial charge is 0.497 e. The molecule has 134 valence electrons. The second kappa shape index (κ2) is 8.92. The molecular weight excluding hydrogens is 334 g/mol. The first-order valence-electron chi connectivity index (χ1n) is 8.26. The smallest absolute Gasteiger partial charge is 0.309 e. The Bertz CT molecular complexity index is 716. The van der Waals surface area contributed by atoms with Crippen LogP contribution in [0.25, 0.3) is 0 Å². The van der Waals surface area contributed by atoms with E-state index in [0.29, 0.717) is 19.5 Å². The number of hydrogen-bond acceptors (Lipinski definition) is 4. The summed E-state index contributed by atoms with van der Waals surface area (Å²) in [5.41, 5.74) is 0.491. The Hall–Kier alpha value is -1.98. The van der Waals surface area contributed by atoms with Crippen molar-refractivity contribution >= 4 is 17.7 Å². The van der Waals surface area contributed by atoms with Crippen molar-refractivity contribution in [2.45, 2.75) is 36.6 Å². The van der Waals surface area contributed by atoms with E-state index in [1.807, 2.05) is 30.3 Å². The van der Waals surface area contributed by atoms with Crippen LogP contribution in [0.2, 0.25) is 0 Å². The van der Waals surface area contributed by atoms with E-state index < -0.39 is 11.4 Å². The molecule has 25 heavy (non-hydrogen) atoms. The highest BCUT2D eigenvalue weighted by molar-refractivity contribution is 7.99. The molecule has 0 amide bonds. The molecule has 2 aromatic rings. The third kappa shape index (κ3) is 5.80. The van der Waals surface area contributed by atoms with E-state index in [1.165, 1.54) is 10.5 Å². The van der Waals surface area contributed by atoms with Gasteiger partial charge >= 0.3 is 5.97 Å². The van der Waals surface area contributed by atoms with E-state index >= 15 is 0 Å². The van der Waals surface area contributed by atoms with Crippen molar-refractivity contribution < 1.29 is 14.6 Å². The van der Waals surface area contributed by atoms with Crippen molar-refractivity contribution in [1.29, 1.82) is 0 Å². The van der Waals surface area contributed by atoms with Crippen molar-refractivity contribution in [3.05, 3.63) is 54.1 Å². The summed E-state index contributed by atoms with van der Waals surface area (Å²) >= 11 is 1.70. The van der Waals surface area contributed by atoms with E-state index in [9.17, 15) is 4.79 Å². The fraction of sp³-hybridized carbons (Fsp3) is 0.350. The molecule has 4 nitrogen and oxygen atoms in total. The summed E-state index contributed by atoms with van der Waals surface area (Å²) < 4.78 is 5.28. The Labute approximate surface area is 153 Å². The van der Waals surface area contributed by atoms with Crippen LogP contribution in [0.15, 0.2) is 58.3 Å². The normalized spacial score (nSPS) is 11.3. The van der Waals surface area contributed by atoms with Crippen LogP contribution in [0.4, 0.5) is 0 Å². The number of ether oxygens (including phenoxy) is 1. The van der Waals surface area contributed by atoms with Gasteiger partial charge in [-0.15, -0.1) is 0 Å². The van der Waals surface area contributed by atoms with Crippen molar-refractivity contribution in [2.24, 2.45) is 5.41 Å². The Kier molecular flexibility index (Phi) is 6.91. The highest BCUT2D eigenvalue weighted by Crippen LogP contribution is 2.32. The maximum Gasteiger partial charge on any atom is 0.309 e. The van der Waals surface area contributed by atoms with Crippen molar-refractivity contribution in [3.8, 4) is 5.75 Å². The summed E-state index contributed by atoms with van der Waals surface area (Å²) in [5.74, 6) is 0.0831. The monoisotopic (exact) mass is 359 g/mol. The zero-order valence-electron chi connectivity index (χ0n) is 14.9. The predicted molar refractivity (Wildman–Crippen MR) is 101 cm³/mol. The predicted octanol–water partition coefficient (Wildman–Crippen LogP) is 4.44. The van der Waals surface area contributed by atoms with Crippen LogP contribution < -0.4 is 10.1 Å². The fourth-order valence-corrected chi connectivity index (χ4v) is 3.27. The third-order valence-electron chi connectivity index (χ3n) is 4.06. The number of aliphatic carboxylic acids is 1. The second-order valence-electron chi connectivity index (χ2n) is 6.50. The lowest BCUT2D eigenvalue weighted by atomic mass is 9.90. The van der Waals surface area contributed by atoms with Crippen molar-refractivity contribution in [2.75, 3.05) is 13.7 Å². The van der Waals surface area contributed by atoms with Crippen LogP contribution in [-0.4, -0.2) is 24.7 Å². The molecule has 2 rings (SSSR count). The second-order valence-corrected chi connectivity index (χ2v) is 7.62. The average molecular weight is 359 g/mol. The molecule has 0 atom stereocenters. The molecule has 0 saturated carbocycles. The van der Waals surface area contributed by atoms with E-state index in [-0.39, 0.29) is 0 Å². The number of nitrogens with one attached hydrogen (secondary N) is 1. The first-order chi connectivity index (χ1) is 11.9. The molecule has 0 aliphatic rings. The number of carboxylic acid groups (broad SMARTS) is 1. The average Bonchev–Trinajstić information content (AvgIpc) is 2.60. The van der Waals surface area contributed by atoms with E-state index in [2.05, 4.69) is 23.5 Å². The van der Waals surface area contributed by atoms with Crippen LogP contribution in [0.1, 0.15) is 25.8 Å². The minimum Gasteiger partial charge on any atom is -0.497 e. The summed E-state index contributed by atoms with van der Waals surface area (Å²) in [5, 5.41) is 12.5. The quantitative estimate of drug-likeness (QED) is 0.648. The van der Waals surface area contributed by atoms with Gasteiger partial charge in [0.05, 0.1) is 12.5 Å². The van der Waals surface area contributed by atoms with E-state index in [4.69, 9.17) is 9.84 Å². The fourth-order valence-electron chi connectivity index (χ4n) is 2.27. The summed E-state index contributed by atoms with van der Waals surface area (Å²) in [4.78, 5) is 13.5. The van der Waals surface area contributed by atoms with Gasteiger partial charge in [-0.25, -0.2) is 0 Å². The molecule has 2 aromatic carbocycles. The zero-order valence-corrected chi connectivity index (χ0v) is 15.7. The van der Waals surface area contributed by atoms with Crippen molar-refractivity contribution in [3.63, 3.8) is 0 Å². The number of rotatable bonds is 9. The van der Waals surface area contributed by atoms with Gasteiger partial charge in [0.1, 0.15) is 5.75 Å². The van der Waals surface area contributed by atoms with E-state index in [1.54, 1.807) is 32.7 Å². The first kappa shape index (κ1) is 19.3. The van der Waals surface area contributed by atoms with Gasteiger partial charge in [-0.05, 0) is 56.6 Å². The summed E-state index contributed by atoms with van der Waals surface area (Å²) in [6, 6.07) is 16.2. The SMILES string of the molecule is COc1cccc(Sc2ccccc2CNCCC(C)(C)C(=O)O)c1. The third-order valence-corrected chi connectivity index (χ3v) is 5.17. The molecule has 0 spiro atoms. The van der Waals surface area contributed by atoms with Crippen LogP contribution >= 0.6 is 11.8 Å². The Balaban J connectivity index is 1.97. The van der Waals surface area contributed by atoms with Gasteiger partial charge in [0.25, 0.3) is 0 Å². The topological polar surface area (TPSA) is 58.6 Å². The Morgan fingerprint density at radius 3 is 2.68 bits per heavy atom. The van der Waals surface area contributed by atoms with E-state index in [0.717, 1.165) is 10.6 Å². The van der Waals surface area contributed by atoms with Gasteiger partial charge in [0.15, 0.2) is 0 Å². The number of methoxy groups -OCH3 is 1. The minimum atomic E-state index is -0.761. The molecule has 0 unspecified atom stereocenters. The van der Waals surface area contributed by atoms with Crippen LogP contribution in [0.5, 0.6) is 5.75 Å². The molecule has 0 aliphatic carbocycles. The number of carbonyl (C=O) groups is 1. The van der Waals surface area contributed by atoms with Gasteiger partial charge < -0.3 is 15.2 Å². The summed E-state index contributed by atoms with van der Waals surface area (Å²) in [6.07, 6.45) is 0.591. The van der Waals surface area contributed by atoms with Crippen molar-refractivity contribution in [1.82, 2.24) is 5.32 Å². The van der Waals surface area contributed by atoms with Gasteiger partial charge in [-0.2, -0.15) is 0 Å². The first-order valence-corrected chi connectivity index (χ1v) is 9.08. The highest BCUT2D eigenvalue weighted by atomic mass is 32.2. The van der Waals surface area contributed by atoms with Crippen LogP contribution in [-0.2, 0) is 11.3 Å². The van der Waals surface area contributed by atoms with Gasteiger partial charge in [-0.3, -0.25) is 4.79 Å². The van der Waals surface area contributed by atoms with Gasteiger partial charge in [-0.1, -0.05) is 36.0 Å². The maximum absolute atomic E-state index is 11.2. The minimum absolute atomic E-state index is 0.591. The van der Waals surface area contributed by atoms with Gasteiger partial charge in [0.2, 0.25) is 0 Å². The highest BCUT2D eigenvalue weighted by Gasteiger charge is 2.26. The standard InChI is InChI=1S/C20H25NO3S/c1-20(2,19(22)23)11-12-21-14-15-7-4-5-10-18(15)25-17-9-6-8-16(13-17)24-3/h4-10,13,21H,11-12,14H2,1-3H3,(H,22,23).